The van der Waals surface area contributed by atoms with Crippen LogP contribution in [-0.4, -0.2) is 10.4 Å². The van der Waals surface area contributed by atoms with Crippen LogP contribution in [0.3, 0.4) is 0 Å². The van der Waals surface area contributed by atoms with E-state index < -0.39 is 0 Å². The van der Waals surface area contributed by atoms with Gasteiger partial charge in [-0.3, -0.25) is 5.32 Å². The number of furan rings is 1. The Bertz CT molecular complexity index is 3320. The van der Waals surface area contributed by atoms with Crippen LogP contribution in [0, 0.1) is 0 Å². The normalized spacial score (nSPS) is 15.9. The Morgan fingerprint density at radius 3 is 2.04 bits per heavy atom. The van der Waals surface area contributed by atoms with Crippen molar-refractivity contribution < 1.29 is 4.42 Å². The number of nitrogens with zero attached hydrogens (tertiary/aromatic N) is 2. The number of fused-ring (bicyclic) bond motifs is 9. The summed E-state index contributed by atoms with van der Waals surface area (Å²) in [6, 6.07) is 64.8. The fourth-order valence-corrected chi connectivity index (χ4v) is 10.1. The zero-order chi connectivity index (χ0) is 37.5. The van der Waals surface area contributed by atoms with Gasteiger partial charge in [0.25, 0.3) is 0 Å². The molecule has 3 aromatic heterocycles. The fraction of sp³-hybridized carbons (Fsp3) is 0.0392. The first-order chi connectivity index (χ1) is 28.2. The van der Waals surface area contributed by atoms with Gasteiger partial charge >= 0.3 is 0 Å². The lowest BCUT2D eigenvalue weighted by atomic mass is 10.00. The van der Waals surface area contributed by atoms with Gasteiger partial charge in [0.2, 0.25) is 0 Å². The first-order valence-corrected chi connectivity index (χ1v) is 20.2. The Balaban J connectivity index is 0.960. The minimum absolute atomic E-state index is 0.103. The summed E-state index contributed by atoms with van der Waals surface area (Å²) in [5.41, 5.74) is 10.9. The van der Waals surface area contributed by atoms with Crippen molar-refractivity contribution in [3.05, 3.63) is 199 Å². The van der Waals surface area contributed by atoms with Gasteiger partial charge in [0.1, 0.15) is 29.3 Å². The predicted molar refractivity (Wildman–Crippen MR) is 238 cm³/mol. The van der Waals surface area contributed by atoms with Gasteiger partial charge in [-0.1, -0.05) is 146 Å². The first-order valence-electron chi connectivity index (χ1n) is 19.4. The molecule has 2 unspecified atom stereocenters. The summed E-state index contributed by atoms with van der Waals surface area (Å²) in [4.78, 5) is 5.20. The predicted octanol–water partition coefficient (Wildman–Crippen LogP) is 13.1. The van der Waals surface area contributed by atoms with Crippen LogP contribution in [0.5, 0.6) is 0 Å². The fourth-order valence-electron chi connectivity index (χ4n) is 8.81. The Hall–Kier alpha value is -6.99. The molecule has 2 atom stereocenters. The molecule has 0 fully saturated rings. The van der Waals surface area contributed by atoms with Crippen molar-refractivity contribution in [3.63, 3.8) is 0 Å². The minimum atomic E-state index is -0.257. The number of benzene rings is 8. The van der Waals surface area contributed by atoms with E-state index in [1.54, 1.807) is 0 Å². The van der Waals surface area contributed by atoms with E-state index in [2.05, 4.69) is 185 Å². The second-order valence-electron chi connectivity index (χ2n) is 14.8. The number of nitrogens with one attached hydrogen (secondary N) is 2. The summed E-state index contributed by atoms with van der Waals surface area (Å²) in [6.45, 7) is 0. The summed E-state index contributed by atoms with van der Waals surface area (Å²) < 4.78 is 11.7. The van der Waals surface area contributed by atoms with E-state index in [4.69, 9.17) is 9.41 Å². The molecule has 0 amide bonds. The van der Waals surface area contributed by atoms with Crippen LogP contribution in [0.15, 0.2) is 191 Å². The highest BCUT2D eigenvalue weighted by Crippen LogP contribution is 2.44. The molecular formula is C51H34N4OS. The summed E-state index contributed by atoms with van der Waals surface area (Å²) in [5.74, 6) is 0.867. The van der Waals surface area contributed by atoms with Gasteiger partial charge < -0.3 is 14.3 Å². The molecule has 2 N–H and O–H groups in total. The molecule has 0 spiro atoms. The van der Waals surface area contributed by atoms with E-state index >= 15 is 0 Å². The summed E-state index contributed by atoms with van der Waals surface area (Å²) in [5, 5.41) is 14.6. The maximum Gasteiger partial charge on any atom is 0.143 e. The summed E-state index contributed by atoms with van der Waals surface area (Å²) in [6.07, 6.45) is -0.360. The van der Waals surface area contributed by atoms with Crippen LogP contribution in [0.2, 0.25) is 0 Å². The standard InChI is InChI=1S/C51H34N4OS/c1-3-13-31(14-4-1)49-52-50(32-15-5-2-6-16-32)54-51(53-49)34-26-28-45-41(29-34)39-20-11-19-35(47(39)56-45)33-25-27-38-40-21-12-24-44(48(40)57-46(38)30-33)55-42-22-9-7-17-36(42)37-18-8-10-23-43(37)55/h1-30,49,51,53H,(H,52,54). The third kappa shape index (κ3) is 5.15. The van der Waals surface area contributed by atoms with E-state index in [-0.39, 0.29) is 12.3 Å². The average Bonchev–Trinajstić information content (AvgIpc) is 3.96. The van der Waals surface area contributed by atoms with Crippen LogP contribution in [0.25, 0.3) is 80.7 Å². The largest absolute Gasteiger partial charge is 0.455 e. The molecule has 0 saturated carbocycles. The van der Waals surface area contributed by atoms with Crippen molar-refractivity contribution in [2.45, 2.75) is 12.3 Å². The van der Waals surface area contributed by atoms with Crippen molar-refractivity contribution in [2.75, 3.05) is 0 Å². The number of aromatic nitrogens is 1. The number of amidine groups is 1. The van der Waals surface area contributed by atoms with Crippen molar-refractivity contribution in [2.24, 2.45) is 4.99 Å². The molecule has 8 aromatic carbocycles. The SMILES string of the molecule is c1ccc(C2=NC(c3ccc4oc5c(-c6ccc7c(c6)sc6c(-n8c9ccccc9c9ccccc98)cccc67)cccc5c4c3)NC(c3ccccc3)N2)cc1. The lowest BCUT2D eigenvalue weighted by Gasteiger charge is -2.32. The molecule has 0 bridgehead atoms. The monoisotopic (exact) mass is 750 g/mol. The number of hydrogen-bond donors (Lipinski definition) is 2. The lowest BCUT2D eigenvalue weighted by Crippen LogP contribution is -2.44. The zero-order valence-electron chi connectivity index (χ0n) is 30.7. The molecule has 12 rings (SSSR count). The van der Waals surface area contributed by atoms with Gasteiger partial charge in [-0.25, -0.2) is 4.99 Å². The number of rotatable bonds is 5. The number of hydrogen-bond acceptors (Lipinski definition) is 5. The van der Waals surface area contributed by atoms with Gasteiger partial charge in [0.05, 0.1) is 21.4 Å². The second kappa shape index (κ2) is 12.8. The van der Waals surface area contributed by atoms with E-state index in [9.17, 15) is 0 Å². The third-order valence-corrected chi connectivity index (χ3v) is 12.7. The summed E-state index contributed by atoms with van der Waals surface area (Å²) in [7, 11) is 0. The Kier molecular flexibility index (Phi) is 7.24. The lowest BCUT2D eigenvalue weighted by molar-refractivity contribution is 0.409. The summed E-state index contributed by atoms with van der Waals surface area (Å²) >= 11 is 1.86. The van der Waals surface area contributed by atoms with E-state index in [1.807, 2.05) is 23.5 Å². The smallest absolute Gasteiger partial charge is 0.143 e. The highest BCUT2D eigenvalue weighted by molar-refractivity contribution is 7.26. The highest BCUT2D eigenvalue weighted by atomic mass is 32.1. The zero-order valence-corrected chi connectivity index (χ0v) is 31.5. The van der Waals surface area contributed by atoms with Crippen LogP contribution >= 0.6 is 11.3 Å². The van der Waals surface area contributed by atoms with Gasteiger partial charge in [-0.15, -0.1) is 11.3 Å². The number of para-hydroxylation sites is 3. The second-order valence-corrected chi connectivity index (χ2v) is 15.8. The molecule has 11 aromatic rings. The molecule has 270 valence electrons. The van der Waals surface area contributed by atoms with Crippen molar-refractivity contribution in [1.29, 1.82) is 0 Å². The average molecular weight is 751 g/mol. The minimum Gasteiger partial charge on any atom is -0.455 e. The van der Waals surface area contributed by atoms with E-state index in [0.717, 1.165) is 55.6 Å². The maximum absolute atomic E-state index is 6.71. The Labute approximate surface area is 332 Å². The van der Waals surface area contributed by atoms with Gasteiger partial charge in [0, 0.05) is 48.1 Å². The maximum atomic E-state index is 6.71. The molecule has 6 heteroatoms. The van der Waals surface area contributed by atoms with Crippen molar-refractivity contribution in [3.8, 4) is 16.8 Å². The van der Waals surface area contributed by atoms with Gasteiger partial charge in [0.15, 0.2) is 0 Å². The van der Waals surface area contributed by atoms with Crippen LogP contribution < -0.4 is 10.6 Å². The molecule has 0 radical (unpaired) electrons. The molecule has 1 aliphatic rings. The number of aliphatic imine (C=N–C) groups is 1. The van der Waals surface area contributed by atoms with E-state index in [0.29, 0.717) is 0 Å². The van der Waals surface area contributed by atoms with Crippen molar-refractivity contribution in [1.82, 2.24) is 15.2 Å². The Morgan fingerprint density at radius 1 is 0.526 bits per heavy atom. The topological polar surface area (TPSA) is 54.5 Å². The van der Waals surface area contributed by atoms with Crippen LogP contribution in [0.4, 0.5) is 0 Å². The Morgan fingerprint density at radius 2 is 1.23 bits per heavy atom. The third-order valence-electron chi connectivity index (χ3n) is 11.5. The van der Waals surface area contributed by atoms with E-state index in [1.165, 1.54) is 47.7 Å². The van der Waals surface area contributed by atoms with Gasteiger partial charge in [-0.2, -0.15) is 0 Å². The van der Waals surface area contributed by atoms with Crippen LogP contribution in [0.1, 0.15) is 29.0 Å². The molecular weight excluding hydrogens is 717 g/mol. The molecule has 5 nitrogen and oxygen atoms in total. The van der Waals surface area contributed by atoms with Crippen LogP contribution in [-0.2, 0) is 0 Å². The number of thiophene rings is 1. The molecule has 4 heterocycles. The molecule has 57 heavy (non-hydrogen) atoms. The quantitative estimate of drug-likeness (QED) is 0.184. The first kappa shape index (κ1) is 32.3. The molecule has 0 saturated heterocycles. The molecule has 0 aliphatic carbocycles. The van der Waals surface area contributed by atoms with Crippen molar-refractivity contribution >= 4 is 81.1 Å². The highest BCUT2D eigenvalue weighted by Gasteiger charge is 2.26. The molecule has 1 aliphatic heterocycles. The van der Waals surface area contributed by atoms with Gasteiger partial charge in [-0.05, 0) is 53.1 Å².